The Morgan fingerprint density at radius 1 is 1.08 bits per heavy atom. The van der Waals surface area contributed by atoms with Crippen LogP contribution in [-0.4, -0.2) is 116 Å². The molecule has 1 aromatic rings. The molecule has 6 aliphatic rings. The van der Waals surface area contributed by atoms with E-state index in [0.29, 0.717) is 42.6 Å². The summed E-state index contributed by atoms with van der Waals surface area (Å²) < 4.78 is 34.2. The third-order valence-corrected chi connectivity index (χ3v) is 14.4. The Balaban J connectivity index is 1.19. The van der Waals surface area contributed by atoms with Crippen molar-refractivity contribution in [1.29, 1.82) is 0 Å². The molecule has 9 nitrogen and oxygen atoms in total. The van der Waals surface area contributed by atoms with Gasteiger partial charge in [-0.25, -0.2) is 4.21 Å². The van der Waals surface area contributed by atoms with Crippen LogP contribution in [0.5, 0.6) is 5.75 Å². The van der Waals surface area contributed by atoms with Gasteiger partial charge in [0.2, 0.25) is 0 Å². The minimum atomic E-state index is -1.61. The molecule has 286 valence electrons. The van der Waals surface area contributed by atoms with Crippen LogP contribution in [0.4, 0.5) is 5.69 Å². The smallest absolute Gasteiger partial charge is 0.263 e. The summed E-state index contributed by atoms with van der Waals surface area (Å²) in [6.07, 6.45) is 15.4. The lowest BCUT2D eigenvalue weighted by Crippen LogP contribution is -2.57. The second kappa shape index (κ2) is 17.5. The number of halogens is 1. The lowest BCUT2D eigenvalue weighted by atomic mass is 9.66. The maximum absolute atomic E-state index is 13.7. The van der Waals surface area contributed by atoms with Crippen LogP contribution in [0, 0.1) is 29.6 Å². The fourth-order valence-corrected chi connectivity index (χ4v) is 10.7. The Hall–Kier alpha value is -2.21. The Morgan fingerprint density at radius 3 is 2.62 bits per heavy atom. The molecule has 8 atom stereocenters. The Morgan fingerprint density at radius 2 is 1.90 bits per heavy atom. The molecular weight excluding hydrogens is 696 g/mol. The topological polar surface area (TPSA) is 83.6 Å². The molecule has 3 fully saturated rings. The van der Waals surface area contributed by atoms with E-state index in [2.05, 4.69) is 57.6 Å². The summed E-state index contributed by atoms with van der Waals surface area (Å²) in [5, 5.41) is -0.292. The zero-order valence-corrected chi connectivity index (χ0v) is 32.9. The number of hydrogen-bond acceptors (Lipinski definition) is 8. The maximum Gasteiger partial charge on any atom is 0.263 e. The number of anilines is 1. The van der Waals surface area contributed by atoms with Gasteiger partial charge in [0, 0.05) is 64.4 Å². The summed E-state index contributed by atoms with van der Waals surface area (Å²) >= 11 is 6.64. The number of allylic oxidation sites excluding steroid dienone is 4. The summed E-state index contributed by atoms with van der Waals surface area (Å²) in [7, 11) is 0.0239. The second-order valence-corrected chi connectivity index (χ2v) is 18.0. The van der Waals surface area contributed by atoms with Crippen molar-refractivity contribution < 1.29 is 23.2 Å². The number of benzene rings is 1. The minimum Gasteiger partial charge on any atom is -0.491 e. The Labute approximate surface area is 318 Å². The zero-order chi connectivity index (χ0) is 36.2. The van der Waals surface area contributed by atoms with Gasteiger partial charge in [-0.2, -0.15) is 0 Å². The van der Waals surface area contributed by atoms with E-state index in [1.807, 2.05) is 18.2 Å². The molecule has 0 aromatic heterocycles. The van der Waals surface area contributed by atoms with Crippen LogP contribution in [0.3, 0.4) is 0 Å². The molecule has 4 heterocycles. The molecule has 0 spiro atoms. The van der Waals surface area contributed by atoms with E-state index in [4.69, 9.17) is 25.8 Å². The molecule has 52 heavy (non-hydrogen) atoms. The van der Waals surface area contributed by atoms with Gasteiger partial charge in [-0.05, 0) is 79.5 Å². The maximum atomic E-state index is 13.7. The van der Waals surface area contributed by atoms with E-state index in [9.17, 15) is 9.00 Å². The fourth-order valence-electron chi connectivity index (χ4n) is 9.21. The lowest BCUT2D eigenvalue weighted by Gasteiger charge is -2.47. The highest BCUT2D eigenvalue weighted by molar-refractivity contribution is 7.84. The molecule has 0 radical (unpaired) electrons. The van der Waals surface area contributed by atoms with Crippen LogP contribution in [0.2, 0.25) is 0 Å². The predicted molar refractivity (Wildman–Crippen MR) is 209 cm³/mol. The van der Waals surface area contributed by atoms with Crippen LogP contribution in [0.25, 0.3) is 0 Å². The number of carbonyl (C=O) groups excluding carboxylic acids is 1. The molecule has 1 aromatic carbocycles. The highest BCUT2D eigenvalue weighted by Gasteiger charge is 2.40. The Bertz CT molecular complexity index is 1520. The number of rotatable bonds is 8. The van der Waals surface area contributed by atoms with Crippen molar-refractivity contribution in [1.82, 2.24) is 14.5 Å². The van der Waals surface area contributed by atoms with Crippen molar-refractivity contribution in [2.45, 2.75) is 69.0 Å². The number of nitrogens with one attached hydrogen (secondary N) is 1. The molecule has 11 heteroatoms. The minimum absolute atomic E-state index is 0.0335. The molecule has 7 rings (SSSR count). The molecule has 1 amide bonds. The van der Waals surface area contributed by atoms with Gasteiger partial charge in [0.25, 0.3) is 5.91 Å². The first-order chi connectivity index (χ1) is 25.3. The van der Waals surface area contributed by atoms with Gasteiger partial charge in [0.1, 0.15) is 16.7 Å². The molecule has 1 saturated carbocycles. The normalized spacial score (nSPS) is 34.4. The van der Waals surface area contributed by atoms with Crippen molar-refractivity contribution in [2.24, 2.45) is 29.6 Å². The number of amides is 1. The van der Waals surface area contributed by atoms with Gasteiger partial charge in [-0.15, -0.1) is 11.6 Å². The zero-order valence-electron chi connectivity index (χ0n) is 31.4. The fraction of sp³-hybridized carbons (Fsp3) is 0.683. The van der Waals surface area contributed by atoms with E-state index < -0.39 is 11.0 Å². The number of alkyl halides is 1. The van der Waals surface area contributed by atoms with Crippen molar-refractivity contribution in [2.75, 3.05) is 84.3 Å². The van der Waals surface area contributed by atoms with E-state index in [-0.39, 0.29) is 28.4 Å². The first-order valence-electron chi connectivity index (χ1n) is 19.8. The van der Waals surface area contributed by atoms with Gasteiger partial charge in [-0.1, -0.05) is 50.1 Å². The summed E-state index contributed by atoms with van der Waals surface area (Å²) in [5.74, 6) is 2.27. The largest absolute Gasteiger partial charge is 0.491 e. The van der Waals surface area contributed by atoms with Crippen molar-refractivity contribution in [3.05, 3.63) is 59.2 Å². The number of carbonyl (C=O) groups is 1. The first-order valence-corrected chi connectivity index (χ1v) is 21.4. The van der Waals surface area contributed by atoms with Gasteiger partial charge in [0.05, 0.1) is 48.8 Å². The molecule has 4 aliphatic heterocycles. The average molecular weight is 755 g/mol. The number of ether oxygens (including phenoxy) is 3. The third-order valence-electron chi connectivity index (χ3n) is 12.6. The van der Waals surface area contributed by atoms with E-state index in [0.717, 1.165) is 96.1 Å². The number of piperazine rings is 1. The van der Waals surface area contributed by atoms with Crippen molar-refractivity contribution in [3.8, 4) is 5.75 Å². The van der Waals surface area contributed by atoms with Gasteiger partial charge < -0.3 is 24.0 Å². The number of fused-ring (bicyclic) bond motifs is 2. The lowest BCUT2D eigenvalue weighted by molar-refractivity contribution is -0.0782. The molecule has 8 unspecified atom stereocenters. The highest BCUT2D eigenvalue weighted by atomic mass is 35.5. The predicted octanol–water partition coefficient (Wildman–Crippen LogP) is 5.83. The molecule has 2 saturated heterocycles. The summed E-state index contributed by atoms with van der Waals surface area (Å²) in [6, 6.07) is 6.31. The Kier molecular flexibility index (Phi) is 12.8. The van der Waals surface area contributed by atoms with Gasteiger partial charge in [0.15, 0.2) is 0 Å². The summed E-state index contributed by atoms with van der Waals surface area (Å²) in [6.45, 7) is 14.2. The summed E-state index contributed by atoms with van der Waals surface area (Å²) in [4.78, 5) is 21.5. The van der Waals surface area contributed by atoms with Crippen LogP contribution >= 0.6 is 11.6 Å². The SMILES string of the molecule is CCCC1=C(C2COc3ccc4cc3N(C2)CC2CCC2C(CN2CCN(C3COC3)CC2)/C=C/CC(C)C(COC)S(=O)NC4=O)C=CC(Cl)C1. The first kappa shape index (κ1) is 38.1. The van der Waals surface area contributed by atoms with Crippen LogP contribution < -0.4 is 14.4 Å². The van der Waals surface area contributed by atoms with Crippen LogP contribution in [0.15, 0.2) is 53.6 Å². The number of nitrogens with zero attached hydrogens (tertiary/aromatic N) is 3. The quantitative estimate of drug-likeness (QED) is 0.263. The van der Waals surface area contributed by atoms with Crippen molar-refractivity contribution in [3.63, 3.8) is 0 Å². The average Bonchev–Trinajstić information content (AvgIpc) is 3.27. The van der Waals surface area contributed by atoms with Crippen LogP contribution in [0.1, 0.15) is 62.7 Å². The monoisotopic (exact) mass is 754 g/mol. The molecule has 1 N–H and O–H groups in total. The van der Waals surface area contributed by atoms with Crippen molar-refractivity contribution >= 4 is 34.2 Å². The van der Waals surface area contributed by atoms with Crippen LogP contribution in [-0.2, 0) is 20.5 Å². The van der Waals surface area contributed by atoms with E-state index in [1.54, 1.807) is 7.11 Å². The number of hydrogen-bond donors (Lipinski definition) is 1. The van der Waals surface area contributed by atoms with Gasteiger partial charge >= 0.3 is 0 Å². The van der Waals surface area contributed by atoms with E-state index >= 15 is 0 Å². The molecular formula is C41H59ClN4O5S. The molecule has 2 bridgehead atoms. The van der Waals surface area contributed by atoms with E-state index in [1.165, 1.54) is 24.0 Å². The van der Waals surface area contributed by atoms with Gasteiger partial charge in [-0.3, -0.25) is 14.4 Å². The standard InChI is InChI=1S/C41H59ClN4O5S/c1-4-6-29-19-34(42)11-13-36(29)33-23-46-22-32-9-12-37(32)31(21-44-15-17-45(18-16-44)35-25-50-26-35)8-5-7-28(2)40(27-49-3)52(48)43-41(47)30-10-14-39(51-24-33)38(46)20-30/h5,8,10-11,13-14,20,28,31-35,37,40H,4,6-7,9,12,15-19,21-27H2,1-3H3,(H,43,47)/b8-5+. The second-order valence-electron chi connectivity index (χ2n) is 16.0. The third kappa shape index (κ3) is 8.68. The summed E-state index contributed by atoms with van der Waals surface area (Å²) in [5.41, 5.74) is 4.26. The number of methoxy groups -OCH3 is 1. The molecule has 2 aliphatic carbocycles. The highest BCUT2D eigenvalue weighted by Crippen LogP contribution is 2.45.